The largest absolute Gasteiger partial charge is 0.423 e. The lowest BCUT2D eigenvalue weighted by Gasteiger charge is -2.45. The number of halogens is 4. The van der Waals surface area contributed by atoms with Crippen LogP contribution in [0.1, 0.15) is 31.2 Å². The van der Waals surface area contributed by atoms with Crippen LogP contribution in [0.5, 0.6) is 0 Å². The molecule has 1 aromatic heterocycles. The number of nitrogens with one attached hydrogen (secondary N) is 1. The highest BCUT2D eigenvalue weighted by Gasteiger charge is 2.62. The summed E-state index contributed by atoms with van der Waals surface area (Å²) in [6.45, 7) is 3.09. The van der Waals surface area contributed by atoms with Crippen LogP contribution < -0.4 is 11.2 Å². The van der Waals surface area contributed by atoms with Crippen LogP contribution in [0.4, 0.5) is 13.2 Å². The van der Waals surface area contributed by atoms with Gasteiger partial charge >= 0.3 is 11.9 Å². The Hall–Kier alpha value is -2.18. The first-order valence-electron chi connectivity index (χ1n) is 9.20. The van der Waals surface area contributed by atoms with Crippen LogP contribution in [-0.4, -0.2) is 39.3 Å². The van der Waals surface area contributed by atoms with E-state index >= 15 is 0 Å². The monoisotopic (exact) mass is 462 g/mol. The summed E-state index contributed by atoms with van der Waals surface area (Å²) in [4.78, 5) is 25.6. The highest BCUT2D eigenvalue weighted by Crippen LogP contribution is 2.50. The Morgan fingerprint density at radius 2 is 1.84 bits per heavy atom. The predicted octanol–water partition coefficient (Wildman–Crippen LogP) is 2.15. The highest BCUT2D eigenvalue weighted by atomic mass is 35.5. The van der Waals surface area contributed by atoms with Crippen molar-refractivity contribution in [2.24, 2.45) is 0 Å². The molecule has 0 aliphatic carbocycles. The maximum absolute atomic E-state index is 13.2. The summed E-state index contributed by atoms with van der Waals surface area (Å²) >= 11 is 5.95. The highest BCUT2D eigenvalue weighted by molar-refractivity contribution is 6.30. The van der Waals surface area contributed by atoms with Gasteiger partial charge in [0.1, 0.15) is 23.4 Å². The Bertz CT molecular complexity index is 1110. The molecular formula is C19H18ClF3N2O6. The summed E-state index contributed by atoms with van der Waals surface area (Å²) in [5.74, 6) is -1.13. The quantitative estimate of drug-likeness (QED) is 0.709. The second-order valence-corrected chi connectivity index (χ2v) is 8.27. The minimum atomic E-state index is -5.02. The molecule has 2 fully saturated rings. The van der Waals surface area contributed by atoms with E-state index in [0.29, 0.717) is 21.4 Å². The van der Waals surface area contributed by atoms with Gasteiger partial charge in [0, 0.05) is 11.2 Å². The second-order valence-electron chi connectivity index (χ2n) is 7.83. The van der Waals surface area contributed by atoms with Crippen molar-refractivity contribution in [1.82, 2.24) is 9.55 Å². The Kier molecular flexibility index (Phi) is 5.10. The van der Waals surface area contributed by atoms with Gasteiger partial charge in [0.15, 0.2) is 12.0 Å². The Morgan fingerprint density at radius 1 is 1.19 bits per heavy atom. The van der Waals surface area contributed by atoms with E-state index in [2.05, 4.69) is 0 Å². The molecule has 8 nitrogen and oxygen atoms in total. The van der Waals surface area contributed by atoms with Crippen molar-refractivity contribution >= 4 is 11.6 Å². The normalized spacial score (nSPS) is 30.2. The van der Waals surface area contributed by atoms with Crippen LogP contribution in [0, 0.1) is 0 Å². The summed E-state index contributed by atoms with van der Waals surface area (Å²) in [7, 11) is 0. The van der Waals surface area contributed by atoms with E-state index in [1.54, 1.807) is 43.1 Å². The third-order valence-electron chi connectivity index (χ3n) is 5.32. The number of nitrogens with zero attached hydrogens (tertiary/aromatic N) is 1. The molecule has 168 valence electrons. The van der Waals surface area contributed by atoms with Gasteiger partial charge in [-0.3, -0.25) is 14.3 Å². The van der Waals surface area contributed by atoms with Crippen LogP contribution in [0.25, 0.3) is 0 Å². The summed E-state index contributed by atoms with van der Waals surface area (Å²) in [6, 6.07) is 6.34. The number of aromatic amines is 1. The third-order valence-corrected chi connectivity index (χ3v) is 5.57. The number of hydrogen-bond acceptors (Lipinski definition) is 6. The van der Waals surface area contributed by atoms with Gasteiger partial charge in [-0.15, -0.1) is 0 Å². The van der Waals surface area contributed by atoms with Gasteiger partial charge < -0.3 is 19.3 Å². The van der Waals surface area contributed by atoms with Crippen molar-refractivity contribution in [2.75, 3.05) is 6.61 Å². The number of aliphatic hydroxyl groups is 1. The van der Waals surface area contributed by atoms with Crippen LogP contribution in [0.3, 0.4) is 0 Å². The number of aliphatic hydroxyl groups excluding tert-OH is 1. The van der Waals surface area contributed by atoms with E-state index in [1.807, 2.05) is 0 Å². The van der Waals surface area contributed by atoms with Crippen LogP contribution in [0.15, 0.2) is 40.1 Å². The fourth-order valence-corrected chi connectivity index (χ4v) is 3.95. The lowest BCUT2D eigenvalue weighted by molar-refractivity contribution is -0.332. The summed E-state index contributed by atoms with van der Waals surface area (Å²) in [5.41, 5.74) is -5.33. The molecule has 0 saturated carbocycles. The number of aromatic nitrogens is 2. The van der Waals surface area contributed by atoms with Crippen molar-refractivity contribution < 1.29 is 32.5 Å². The van der Waals surface area contributed by atoms with E-state index in [-0.39, 0.29) is 6.61 Å². The van der Waals surface area contributed by atoms with Gasteiger partial charge in [-0.2, -0.15) is 13.2 Å². The number of ether oxygens (including phenoxy) is 3. The van der Waals surface area contributed by atoms with Gasteiger partial charge in [0.05, 0.1) is 6.61 Å². The fraction of sp³-hybridized carbons (Fsp3) is 0.474. The van der Waals surface area contributed by atoms with Crippen LogP contribution in [-0.2, 0) is 26.0 Å². The molecule has 2 saturated heterocycles. The lowest BCUT2D eigenvalue weighted by Crippen LogP contribution is -2.56. The Labute approximate surface area is 178 Å². The maximum atomic E-state index is 13.2. The lowest BCUT2D eigenvalue weighted by atomic mass is 9.86. The van der Waals surface area contributed by atoms with Crippen molar-refractivity contribution in [2.45, 2.75) is 49.8 Å². The molecule has 2 N–H and O–H groups in total. The number of H-pyrrole nitrogens is 1. The number of alkyl halides is 3. The molecule has 31 heavy (non-hydrogen) atoms. The van der Waals surface area contributed by atoms with Crippen LogP contribution >= 0.6 is 11.6 Å². The summed E-state index contributed by atoms with van der Waals surface area (Å²) in [6.07, 6.45) is -8.95. The van der Waals surface area contributed by atoms with Gasteiger partial charge in [-0.05, 0) is 31.5 Å². The molecule has 1 aromatic carbocycles. The van der Waals surface area contributed by atoms with Crippen molar-refractivity contribution in [3.63, 3.8) is 0 Å². The first-order valence-corrected chi connectivity index (χ1v) is 9.58. The summed E-state index contributed by atoms with van der Waals surface area (Å²) in [5, 5.41) is 11.4. The third kappa shape index (κ3) is 3.70. The first kappa shape index (κ1) is 22.0. The SMILES string of the molecule is CC1(C)OC[C@]2(c3ccc(Cl)cc3)O[C@H](n3cc(C(F)(F)F)c(=O)[nH]c3=O)[C@H](O)[C@@H]2O1. The van der Waals surface area contributed by atoms with Crippen molar-refractivity contribution in [3.8, 4) is 0 Å². The van der Waals surface area contributed by atoms with Gasteiger partial charge in [0.25, 0.3) is 5.56 Å². The number of hydrogen-bond donors (Lipinski definition) is 2. The standard InChI is InChI=1S/C19H18ClF3N2O6/c1-17(2)29-8-18(9-3-5-10(20)6-4-9)13(30-17)12(26)15(31-18)25-7-11(19(21,22)23)14(27)24-16(25)28/h3-7,12-13,15,26H,8H2,1-2H3,(H,24,27,28)/t12-,13+,15+,18-/m1/s1. The van der Waals surface area contributed by atoms with E-state index < -0.39 is 52.8 Å². The fourth-order valence-electron chi connectivity index (χ4n) is 3.82. The van der Waals surface area contributed by atoms with E-state index in [0.717, 1.165) is 0 Å². The number of benzene rings is 1. The molecule has 2 aromatic rings. The molecule has 2 aliphatic heterocycles. The molecule has 4 rings (SSSR count). The smallest absolute Gasteiger partial charge is 0.386 e. The molecule has 3 heterocycles. The van der Waals surface area contributed by atoms with E-state index in [1.165, 1.54) is 0 Å². The zero-order chi connectivity index (χ0) is 22.8. The number of fused-ring (bicyclic) bond motifs is 1. The molecule has 12 heteroatoms. The second kappa shape index (κ2) is 7.17. The van der Waals surface area contributed by atoms with Crippen molar-refractivity contribution in [3.05, 3.63) is 67.4 Å². The van der Waals surface area contributed by atoms with Gasteiger partial charge in [-0.25, -0.2) is 4.79 Å². The zero-order valence-electron chi connectivity index (χ0n) is 16.3. The Morgan fingerprint density at radius 3 is 2.45 bits per heavy atom. The molecule has 0 amide bonds. The van der Waals surface area contributed by atoms with E-state index in [9.17, 15) is 27.9 Å². The number of rotatable bonds is 2. The molecule has 0 bridgehead atoms. The minimum absolute atomic E-state index is 0.121. The summed E-state index contributed by atoms with van der Waals surface area (Å²) < 4.78 is 57.7. The molecule has 0 unspecified atom stereocenters. The maximum Gasteiger partial charge on any atom is 0.423 e. The predicted molar refractivity (Wildman–Crippen MR) is 100 cm³/mol. The molecule has 4 atom stereocenters. The van der Waals surface area contributed by atoms with Gasteiger partial charge in [0.2, 0.25) is 0 Å². The average molecular weight is 463 g/mol. The average Bonchev–Trinajstić information content (AvgIpc) is 2.94. The topological polar surface area (TPSA) is 103 Å². The van der Waals surface area contributed by atoms with Crippen molar-refractivity contribution in [1.29, 1.82) is 0 Å². The Balaban J connectivity index is 1.85. The van der Waals surface area contributed by atoms with Crippen LogP contribution in [0.2, 0.25) is 5.02 Å². The zero-order valence-corrected chi connectivity index (χ0v) is 17.0. The molecule has 0 spiro atoms. The van der Waals surface area contributed by atoms with Gasteiger partial charge in [-0.1, -0.05) is 23.7 Å². The molecule has 0 radical (unpaired) electrons. The minimum Gasteiger partial charge on any atom is -0.386 e. The van der Waals surface area contributed by atoms with E-state index in [4.69, 9.17) is 25.8 Å². The molecule has 2 aliphatic rings. The first-order chi connectivity index (χ1) is 14.3. The molecular weight excluding hydrogens is 445 g/mol.